The molecule has 0 spiro atoms. The molecule has 3 aromatic carbocycles. The second kappa shape index (κ2) is 8.78. The van der Waals surface area contributed by atoms with Gasteiger partial charge in [-0.2, -0.15) is 0 Å². The molecule has 1 amide bonds. The SMILES string of the molecule is Cc1ccc(NC(C(=O)NCc2ccccc2)=C2CCC2)c(-c2ccccc2)c1. The number of carbonyl (C=O) groups excluding carboxylic acids is 1. The fourth-order valence-corrected chi connectivity index (χ4v) is 3.53. The fraction of sp³-hybridized carbons (Fsp3) is 0.192. The van der Waals surface area contributed by atoms with Crippen LogP contribution < -0.4 is 10.6 Å². The summed E-state index contributed by atoms with van der Waals surface area (Å²) in [4.78, 5) is 13.0. The Balaban J connectivity index is 1.59. The molecule has 0 atom stereocenters. The Morgan fingerprint density at radius 2 is 1.59 bits per heavy atom. The van der Waals surface area contributed by atoms with Gasteiger partial charge < -0.3 is 10.6 Å². The molecular formula is C26H26N2O. The van der Waals surface area contributed by atoms with E-state index in [2.05, 4.69) is 47.9 Å². The average Bonchev–Trinajstić information content (AvgIpc) is 2.72. The van der Waals surface area contributed by atoms with Gasteiger partial charge in [0.05, 0.1) is 0 Å². The Hall–Kier alpha value is -3.33. The van der Waals surface area contributed by atoms with Gasteiger partial charge in [0.25, 0.3) is 5.91 Å². The summed E-state index contributed by atoms with van der Waals surface area (Å²) in [5.74, 6) is -0.0388. The number of aryl methyl sites for hydroxylation is 1. The zero-order valence-electron chi connectivity index (χ0n) is 16.7. The van der Waals surface area contributed by atoms with Crippen molar-refractivity contribution in [1.29, 1.82) is 0 Å². The second-order valence-electron chi connectivity index (χ2n) is 7.54. The predicted octanol–water partition coefficient (Wildman–Crippen LogP) is 5.83. The first-order valence-corrected chi connectivity index (χ1v) is 10.2. The molecule has 1 saturated carbocycles. The van der Waals surface area contributed by atoms with Gasteiger partial charge in [-0.1, -0.05) is 72.3 Å². The molecule has 0 aliphatic heterocycles. The monoisotopic (exact) mass is 382 g/mol. The minimum absolute atomic E-state index is 0.0388. The molecule has 0 saturated heterocycles. The molecule has 0 radical (unpaired) electrons. The molecule has 1 fully saturated rings. The molecule has 3 heteroatoms. The van der Waals surface area contributed by atoms with Gasteiger partial charge in [0.1, 0.15) is 5.70 Å². The van der Waals surface area contributed by atoms with Crippen molar-refractivity contribution in [3.8, 4) is 11.1 Å². The van der Waals surface area contributed by atoms with Crippen molar-refractivity contribution in [2.45, 2.75) is 32.7 Å². The van der Waals surface area contributed by atoms with Crippen molar-refractivity contribution in [1.82, 2.24) is 5.32 Å². The Morgan fingerprint density at radius 3 is 2.24 bits per heavy atom. The summed E-state index contributed by atoms with van der Waals surface area (Å²) in [6.45, 7) is 2.62. The van der Waals surface area contributed by atoms with E-state index in [1.165, 1.54) is 11.1 Å². The van der Waals surface area contributed by atoms with Gasteiger partial charge in [-0.3, -0.25) is 4.79 Å². The van der Waals surface area contributed by atoms with E-state index in [1.54, 1.807) is 0 Å². The van der Waals surface area contributed by atoms with Gasteiger partial charge >= 0.3 is 0 Å². The first-order chi connectivity index (χ1) is 14.2. The summed E-state index contributed by atoms with van der Waals surface area (Å²) in [6, 6.07) is 26.6. The van der Waals surface area contributed by atoms with Crippen LogP contribution in [0.25, 0.3) is 11.1 Å². The zero-order valence-corrected chi connectivity index (χ0v) is 16.7. The van der Waals surface area contributed by atoms with E-state index in [-0.39, 0.29) is 5.91 Å². The van der Waals surface area contributed by atoms with Crippen molar-refractivity contribution in [3.05, 3.63) is 101 Å². The molecule has 3 nitrogen and oxygen atoms in total. The quantitative estimate of drug-likeness (QED) is 0.527. The summed E-state index contributed by atoms with van der Waals surface area (Å²) in [5, 5.41) is 6.56. The van der Waals surface area contributed by atoms with Gasteiger partial charge in [-0.05, 0) is 55.0 Å². The first kappa shape index (κ1) is 19.0. The number of amides is 1. The van der Waals surface area contributed by atoms with E-state index >= 15 is 0 Å². The molecule has 0 aromatic heterocycles. The molecule has 1 aliphatic carbocycles. The van der Waals surface area contributed by atoms with E-state index in [0.29, 0.717) is 12.2 Å². The molecule has 0 unspecified atom stereocenters. The Morgan fingerprint density at radius 1 is 0.897 bits per heavy atom. The summed E-state index contributed by atoms with van der Waals surface area (Å²) in [7, 11) is 0. The van der Waals surface area contributed by atoms with Crippen molar-refractivity contribution in [2.24, 2.45) is 0 Å². The highest BCUT2D eigenvalue weighted by Gasteiger charge is 2.21. The number of hydrogen-bond acceptors (Lipinski definition) is 2. The van der Waals surface area contributed by atoms with Crippen molar-refractivity contribution in [2.75, 3.05) is 5.32 Å². The molecule has 4 rings (SSSR count). The minimum atomic E-state index is -0.0388. The molecular weight excluding hydrogens is 356 g/mol. The summed E-state index contributed by atoms with van der Waals surface area (Å²) < 4.78 is 0. The predicted molar refractivity (Wildman–Crippen MR) is 119 cm³/mol. The highest BCUT2D eigenvalue weighted by molar-refractivity contribution is 5.98. The largest absolute Gasteiger partial charge is 0.351 e. The molecule has 0 bridgehead atoms. The Labute approximate surface area is 172 Å². The maximum absolute atomic E-state index is 13.0. The Bertz CT molecular complexity index is 1020. The topological polar surface area (TPSA) is 41.1 Å². The molecule has 146 valence electrons. The summed E-state index contributed by atoms with van der Waals surface area (Å²) in [6.07, 6.45) is 3.10. The third-order valence-corrected chi connectivity index (χ3v) is 5.35. The van der Waals surface area contributed by atoms with Crippen LogP contribution in [0, 0.1) is 6.92 Å². The maximum Gasteiger partial charge on any atom is 0.267 e. The highest BCUT2D eigenvalue weighted by Crippen LogP contribution is 2.33. The molecule has 2 N–H and O–H groups in total. The van der Waals surface area contributed by atoms with Gasteiger partial charge in [0.2, 0.25) is 0 Å². The van der Waals surface area contributed by atoms with Gasteiger partial charge in [0.15, 0.2) is 0 Å². The normalized spacial score (nSPS) is 12.8. The van der Waals surface area contributed by atoms with Crippen LogP contribution in [0.3, 0.4) is 0 Å². The number of anilines is 1. The van der Waals surface area contributed by atoms with Crippen LogP contribution in [-0.4, -0.2) is 5.91 Å². The van der Waals surface area contributed by atoms with Crippen LogP contribution in [0.1, 0.15) is 30.4 Å². The van der Waals surface area contributed by atoms with E-state index in [4.69, 9.17) is 0 Å². The Kier molecular flexibility index (Phi) is 5.76. The lowest BCUT2D eigenvalue weighted by Crippen LogP contribution is -2.30. The highest BCUT2D eigenvalue weighted by atomic mass is 16.2. The third-order valence-electron chi connectivity index (χ3n) is 5.35. The molecule has 3 aromatic rings. The average molecular weight is 383 g/mol. The number of rotatable bonds is 6. The van der Waals surface area contributed by atoms with Gasteiger partial charge in [0, 0.05) is 17.8 Å². The lowest BCUT2D eigenvalue weighted by Gasteiger charge is -2.24. The number of benzene rings is 3. The number of carbonyl (C=O) groups is 1. The first-order valence-electron chi connectivity index (χ1n) is 10.2. The second-order valence-corrected chi connectivity index (χ2v) is 7.54. The molecule has 0 heterocycles. The van der Waals surface area contributed by atoms with Crippen molar-refractivity contribution < 1.29 is 4.79 Å². The van der Waals surface area contributed by atoms with Crippen LogP contribution >= 0.6 is 0 Å². The van der Waals surface area contributed by atoms with Gasteiger partial charge in [-0.15, -0.1) is 0 Å². The van der Waals surface area contributed by atoms with Crippen LogP contribution in [0.15, 0.2) is 90.1 Å². The lowest BCUT2D eigenvalue weighted by atomic mass is 9.89. The van der Waals surface area contributed by atoms with E-state index in [9.17, 15) is 4.79 Å². The number of nitrogens with one attached hydrogen (secondary N) is 2. The van der Waals surface area contributed by atoms with Gasteiger partial charge in [-0.25, -0.2) is 0 Å². The van der Waals surface area contributed by atoms with Crippen molar-refractivity contribution >= 4 is 11.6 Å². The summed E-state index contributed by atoms with van der Waals surface area (Å²) in [5.41, 5.74) is 7.41. The van der Waals surface area contributed by atoms with E-state index in [0.717, 1.165) is 41.6 Å². The van der Waals surface area contributed by atoms with Crippen molar-refractivity contribution in [3.63, 3.8) is 0 Å². The molecule has 1 aliphatic rings. The summed E-state index contributed by atoms with van der Waals surface area (Å²) >= 11 is 0. The smallest absolute Gasteiger partial charge is 0.267 e. The van der Waals surface area contributed by atoms with E-state index < -0.39 is 0 Å². The maximum atomic E-state index is 13.0. The van der Waals surface area contributed by atoms with Crippen LogP contribution in [0.5, 0.6) is 0 Å². The van der Waals surface area contributed by atoms with E-state index in [1.807, 2.05) is 48.5 Å². The van der Waals surface area contributed by atoms with Crippen LogP contribution in [0.2, 0.25) is 0 Å². The van der Waals surface area contributed by atoms with Crippen LogP contribution in [0.4, 0.5) is 5.69 Å². The lowest BCUT2D eigenvalue weighted by molar-refractivity contribution is -0.117. The standard InChI is InChI=1S/C26H26N2O/c1-19-15-16-24(23(17-19)21-11-6-3-7-12-21)28-25(22-13-8-14-22)26(29)27-18-20-9-4-2-5-10-20/h2-7,9-12,15-17,28H,8,13-14,18H2,1H3,(H,27,29). The third kappa shape index (κ3) is 4.57. The van der Waals surface area contributed by atoms with Crippen LogP contribution in [-0.2, 0) is 11.3 Å². The zero-order chi connectivity index (χ0) is 20.1. The number of hydrogen-bond donors (Lipinski definition) is 2. The fourth-order valence-electron chi connectivity index (χ4n) is 3.53. The number of allylic oxidation sites excluding steroid dienone is 1. The minimum Gasteiger partial charge on any atom is -0.351 e. The molecule has 29 heavy (non-hydrogen) atoms.